The number of ether oxygens (including phenoxy) is 1. The predicted molar refractivity (Wildman–Crippen MR) is 102 cm³/mol. The predicted octanol–water partition coefficient (Wildman–Crippen LogP) is 5.04. The molecule has 0 spiro atoms. The molecule has 0 unspecified atom stereocenters. The summed E-state index contributed by atoms with van der Waals surface area (Å²) in [5.74, 6) is 3.61. The monoisotopic (exact) mass is 349 g/mol. The van der Waals surface area contributed by atoms with Gasteiger partial charge < -0.3 is 9.64 Å². The van der Waals surface area contributed by atoms with Gasteiger partial charge in [0.05, 0.1) is 13.2 Å². The Morgan fingerprint density at radius 3 is 2.08 bits per heavy atom. The summed E-state index contributed by atoms with van der Waals surface area (Å²) in [6.07, 6.45) is 16.4. The van der Waals surface area contributed by atoms with Crippen molar-refractivity contribution in [2.24, 2.45) is 23.7 Å². The highest BCUT2D eigenvalue weighted by Crippen LogP contribution is 2.42. The normalized spacial score (nSPS) is 34.0. The second-order valence-electron chi connectivity index (χ2n) is 8.83. The molecule has 2 aliphatic carbocycles. The maximum Gasteiger partial charge on any atom is 0.225 e. The number of nitrogens with zero attached hydrogens (tertiary/aromatic N) is 1. The van der Waals surface area contributed by atoms with E-state index in [2.05, 4.69) is 11.8 Å². The highest BCUT2D eigenvalue weighted by molar-refractivity contribution is 5.79. The van der Waals surface area contributed by atoms with E-state index in [1.54, 1.807) is 0 Å². The maximum absolute atomic E-state index is 12.7. The van der Waals surface area contributed by atoms with Gasteiger partial charge in [-0.15, -0.1) is 0 Å². The highest BCUT2D eigenvalue weighted by atomic mass is 16.5. The number of amides is 1. The zero-order valence-electron chi connectivity index (χ0n) is 16.4. The van der Waals surface area contributed by atoms with Crippen molar-refractivity contribution in [3.63, 3.8) is 0 Å². The fraction of sp³-hybridized carbons (Fsp3) is 0.955. The highest BCUT2D eigenvalue weighted by Gasteiger charge is 2.34. The van der Waals surface area contributed by atoms with E-state index in [0.717, 1.165) is 56.9 Å². The molecular formula is C22H39NO2. The first-order valence-corrected chi connectivity index (χ1v) is 11.1. The van der Waals surface area contributed by atoms with Crippen molar-refractivity contribution in [1.29, 1.82) is 0 Å². The first-order valence-electron chi connectivity index (χ1n) is 11.1. The molecule has 0 N–H and O–H groups in total. The molecule has 3 nitrogen and oxygen atoms in total. The number of carbonyl (C=O) groups excluding carboxylic acids is 1. The Morgan fingerprint density at radius 2 is 1.48 bits per heavy atom. The molecule has 25 heavy (non-hydrogen) atoms. The largest absolute Gasteiger partial charge is 0.378 e. The lowest BCUT2D eigenvalue weighted by Gasteiger charge is -2.39. The number of carbonyl (C=O) groups is 1. The number of morpholine rings is 1. The SMILES string of the molecule is CCCCCC1CCC(C2CCC(C(=O)N3CCOCC3)CC2)CC1. The third-order valence-corrected chi connectivity index (χ3v) is 7.22. The summed E-state index contributed by atoms with van der Waals surface area (Å²) < 4.78 is 5.38. The molecule has 3 rings (SSSR count). The van der Waals surface area contributed by atoms with Crippen LogP contribution in [0.5, 0.6) is 0 Å². The van der Waals surface area contributed by atoms with Gasteiger partial charge in [0.15, 0.2) is 0 Å². The fourth-order valence-electron chi connectivity index (χ4n) is 5.51. The van der Waals surface area contributed by atoms with Crippen LogP contribution in [0.3, 0.4) is 0 Å². The summed E-state index contributed by atoms with van der Waals surface area (Å²) >= 11 is 0. The van der Waals surface area contributed by atoms with Gasteiger partial charge in [-0.05, 0) is 56.3 Å². The number of rotatable bonds is 6. The van der Waals surface area contributed by atoms with Crippen LogP contribution >= 0.6 is 0 Å². The van der Waals surface area contributed by atoms with Crippen molar-refractivity contribution < 1.29 is 9.53 Å². The molecule has 1 heterocycles. The summed E-state index contributed by atoms with van der Waals surface area (Å²) in [5, 5.41) is 0. The van der Waals surface area contributed by atoms with Gasteiger partial charge in [0.25, 0.3) is 0 Å². The molecule has 0 aromatic rings. The molecule has 0 aromatic heterocycles. The van der Waals surface area contributed by atoms with Gasteiger partial charge >= 0.3 is 0 Å². The Balaban J connectivity index is 1.36. The molecule has 144 valence electrons. The summed E-state index contributed by atoms with van der Waals surface area (Å²) in [5.41, 5.74) is 0. The zero-order chi connectivity index (χ0) is 17.5. The van der Waals surface area contributed by atoms with Gasteiger partial charge in [-0.25, -0.2) is 0 Å². The molecule has 3 aliphatic rings. The van der Waals surface area contributed by atoms with Gasteiger partial charge in [-0.1, -0.05) is 45.4 Å². The van der Waals surface area contributed by atoms with E-state index >= 15 is 0 Å². The molecule has 0 bridgehead atoms. The van der Waals surface area contributed by atoms with Crippen molar-refractivity contribution in [1.82, 2.24) is 4.90 Å². The third-order valence-electron chi connectivity index (χ3n) is 7.22. The Kier molecular flexibility index (Phi) is 7.64. The van der Waals surface area contributed by atoms with E-state index in [0.29, 0.717) is 11.8 Å². The fourth-order valence-corrected chi connectivity index (χ4v) is 5.51. The van der Waals surface area contributed by atoms with Crippen molar-refractivity contribution >= 4 is 5.91 Å². The van der Waals surface area contributed by atoms with E-state index in [9.17, 15) is 4.79 Å². The van der Waals surface area contributed by atoms with Gasteiger partial charge in [0, 0.05) is 19.0 Å². The summed E-state index contributed by atoms with van der Waals surface area (Å²) in [7, 11) is 0. The Labute approximate surface area is 154 Å². The van der Waals surface area contributed by atoms with Gasteiger partial charge in [0.1, 0.15) is 0 Å². The van der Waals surface area contributed by atoms with Gasteiger partial charge in [-0.3, -0.25) is 4.79 Å². The van der Waals surface area contributed by atoms with Gasteiger partial charge in [0.2, 0.25) is 5.91 Å². The molecule has 1 amide bonds. The summed E-state index contributed by atoms with van der Waals surface area (Å²) in [4.78, 5) is 14.7. The standard InChI is InChI=1S/C22H39NO2/c1-2-3-4-5-18-6-8-19(9-7-18)20-10-12-21(13-11-20)22(24)23-14-16-25-17-15-23/h18-21H,2-17H2,1H3. The first-order chi connectivity index (χ1) is 12.3. The maximum atomic E-state index is 12.7. The van der Waals surface area contributed by atoms with E-state index in [4.69, 9.17) is 4.74 Å². The lowest BCUT2D eigenvalue weighted by atomic mass is 9.68. The molecule has 0 aromatic carbocycles. The van der Waals surface area contributed by atoms with E-state index in [1.807, 2.05) is 0 Å². The quantitative estimate of drug-likeness (QED) is 0.629. The van der Waals surface area contributed by atoms with Crippen LogP contribution in [0, 0.1) is 23.7 Å². The molecule has 2 saturated carbocycles. The van der Waals surface area contributed by atoms with Crippen LogP contribution in [0.15, 0.2) is 0 Å². The number of hydrogen-bond acceptors (Lipinski definition) is 2. The van der Waals surface area contributed by atoms with Crippen LogP contribution in [0.1, 0.15) is 84.0 Å². The Bertz CT molecular complexity index is 389. The van der Waals surface area contributed by atoms with Crippen molar-refractivity contribution in [3.8, 4) is 0 Å². The minimum Gasteiger partial charge on any atom is -0.378 e. The minimum atomic E-state index is 0.305. The lowest BCUT2D eigenvalue weighted by Crippen LogP contribution is -2.44. The number of unbranched alkanes of at least 4 members (excludes halogenated alkanes) is 2. The molecule has 1 aliphatic heterocycles. The van der Waals surface area contributed by atoms with E-state index in [1.165, 1.54) is 64.2 Å². The second kappa shape index (κ2) is 9.94. The first kappa shape index (κ1) is 19.2. The smallest absolute Gasteiger partial charge is 0.225 e. The topological polar surface area (TPSA) is 29.5 Å². The van der Waals surface area contributed by atoms with Crippen LogP contribution in [-0.2, 0) is 9.53 Å². The van der Waals surface area contributed by atoms with Crippen molar-refractivity contribution in [2.45, 2.75) is 84.0 Å². The zero-order valence-corrected chi connectivity index (χ0v) is 16.4. The van der Waals surface area contributed by atoms with Crippen LogP contribution in [0.4, 0.5) is 0 Å². The van der Waals surface area contributed by atoms with Crippen LogP contribution in [0.2, 0.25) is 0 Å². The number of hydrogen-bond donors (Lipinski definition) is 0. The molecular weight excluding hydrogens is 310 g/mol. The minimum absolute atomic E-state index is 0.305. The second-order valence-corrected chi connectivity index (χ2v) is 8.83. The van der Waals surface area contributed by atoms with Crippen LogP contribution in [-0.4, -0.2) is 37.1 Å². The molecule has 0 atom stereocenters. The van der Waals surface area contributed by atoms with Crippen molar-refractivity contribution in [3.05, 3.63) is 0 Å². The average Bonchev–Trinajstić information content (AvgIpc) is 2.69. The average molecular weight is 350 g/mol. The van der Waals surface area contributed by atoms with E-state index in [-0.39, 0.29) is 0 Å². The Morgan fingerprint density at radius 1 is 0.880 bits per heavy atom. The van der Waals surface area contributed by atoms with E-state index < -0.39 is 0 Å². The van der Waals surface area contributed by atoms with Gasteiger partial charge in [-0.2, -0.15) is 0 Å². The van der Waals surface area contributed by atoms with Crippen LogP contribution < -0.4 is 0 Å². The third kappa shape index (κ3) is 5.45. The van der Waals surface area contributed by atoms with Crippen LogP contribution in [0.25, 0.3) is 0 Å². The Hall–Kier alpha value is -0.570. The molecule has 0 radical (unpaired) electrons. The summed E-state index contributed by atoms with van der Waals surface area (Å²) in [6.45, 7) is 5.36. The lowest BCUT2D eigenvalue weighted by molar-refractivity contribution is -0.141. The molecule has 3 heteroatoms. The molecule has 1 saturated heterocycles. The molecule has 3 fully saturated rings. The van der Waals surface area contributed by atoms with Crippen molar-refractivity contribution in [2.75, 3.05) is 26.3 Å². The summed E-state index contributed by atoms with van der Waals surface area (Å²) in [6, 6.07) is 0.